The van der Waals surface area contributed by atoms with Crippen molar-refractivity contribution in [1.82, 2.24) is 9.97 Å². The highest BCUT2D eigenvalue weighted by molar-refractivity contribution is 7.98. The van der Waals surface area contributed by atoms with E-state index in [0.29, 0.717) is 11.0 Å². The van der Waals surface area contributed by atoms with Crippen LogP contribution in [0.4, 0.5) is 5.82 Å². The summed E-state index contributed by atoms with van der Waals surface area (Å²) in [6.07, 6.45) is 0. The molecule has 0 saturated carbocycles. The molecule has 0 aliphatic rings. The first-order valence-corrected chi connectivity index (χ1v) is 5.91. The Hall–Kier alpha value is -1.49. The highest BCUT2D eigenvalue weighted by atomic mass is 32.2. The molecule has 0 fully saturated rings. The third kappa shape index (κ3) is 2.76. The van der Waals surface area contributed by atoms with Crippen molar-refractivity contribution in [3.8, 4) is 0 Å². The van der Waals surface area contributed by atoms with Gasteiger partial charge >= 0.3 is 0 Å². The van der Waals surface area contributed by atoms with Gasteiger partial charge in [0.1, 0.15) is 17.3 Å². The number of nitrogens with zero attached hydrogens (tertiary/aromatic N) is 2. The minimum atomic E-state index is 0.505. The molecule has 0 radical (unpaired) electrons. The Kier molecular flexibility index (Phi) is 3.14. The van der Waals surface area contributed by atoms with Gasteiger partial charge in [-0.25, -0.2) is 9.97 Å². The lowest BCUT2D eigenvalue weighted by molar-refractivity contribution is 0.501. The molecule has 2 aromatic rings. The quantitative estimate of drug-likeness (QED) is 0.654. The zero-order valence-electron chi connectivity index (χ0n) is 9.23. The molecule has 0 aliphatic heterocycles. The lowest BCUT2D eigenvalue weighted by Crippen LogP contribution is -1.96. The smallest absolute Gasteiger partial charge is 0.190 e. The number of nitrogens with two attached hydrogens (primary N) is 1. The van der Waals surface area contributed by atoms with Gasteiger partial charge in [-0.3, -0.25) is 0 Å². The molecule has 2 aromatic heterocycles. The third-order valence-corrected chi connectivity index (χ3v) is 2.86. The Morgan fingerprint density at radius 1 is 1.31 bits per heavy atom. The van der Waals surface area contributed by atoms with Crippen molar-refractivity contribution < 1.29 is 4.42 Å². The van der Waals surface area contributed by atoms with Gasteiger partial charge < -0.3 is 10.2 Å². The summed E-state index contributed by atoms with van der Waals surface area (Å²) in [4.78, 5) is 8.43. The van der Waals surface area contributed by atoms with E-state index in [0.717, 1.165) is 23.0 Å². The van der Waals surface area contributed by atoms with Crippen molar-refractivity contribution >= 4 is 17.6 Å². The fraction of sp³-hybridized carbons (Fsp3) is 0.273. The Morgan fingerprint density at radius 2 is 2.12 bits per heavy atom. The van der Waals surface area contributed by atoms with Gasteiger partial charge in [-0.2, -0.15) is 0 Å². The van der Waals surface area contributed by atoms with Crippen molar-refractivity contribution in [3.63, 3.8) is 0 Å². The van der Waals surface area contributed by atoms with Crippen molar-refractivity contribution in [3.05, 3.63) is 35.4 Å². The zero-order valence-corrected chi connectivity index (χ0v) is 10.0. The maximum Gasteiger partial charge on any atom is 0.190 e. The number of anilines is 1. The summed E-state index contributed by atoms with van der Waals surface area (Å²) in [5, 5.41) is 0.687. The minimum Gasteiger partial charge on any atom is -0.465 e. The summed E-state index contributed by atoms with van der Waals surface area (Å²) >= 11 is 1.52. The van der Waals surface area contributed by atoms with E-state index in [-0.39, 0.29) is 0 Å². The maximum absolute atomic E-state index is 5.64. The molecular weight excluding hydrogens is 222 g/mol. The van der Waals surface area contributed by atoms with Crippen LogP contribution in [0.15, 0.2) is 27.8 Å². The van der Waals surface area contributed by atoms with Gasteiger partial charge in [-0.15, -0.1) is 0 Å². The standard InChI is InChI=1S/C11H13N3OS/c1-7-5-10(12)14-11(13-7)16-6-9-4-3-8(2)15-9/h3-5H,6H2,1-2H3,(H2,12,13,14). The number of hydrogen-bond acceptors (Lipinski definition) is 5. The molecule has 0 aliphatic carbocycles. The number of aryl methyl sites for hydroxylation is 2. The molecule has 2 heterocycles. The molecule has 16 heavy (non-hydrogen) atoms. The van der Waals surface area contributed by atoms with Gasteiger partial charge in [-0.1, -0.05) is 11.8 Å². The molecule has 84 valence electrons. The predicted octanol–water partition coefficient (Wildman–Crippen LogP) is 2.56. The molecule has 0 unspecified atom stereocenters. The number of aromatic nitrogens is 2. The first-order chi connectivity index (χ1) is 7.63. The molecule has 0 saturated heterocycles. The monoisotopic (exact) mass is 235 g/mol. The first-order valence-electron chi connectivity index (χ1n) is 4.93. The lowest BCUT2D eigenvalue weighted by atomic mass is 10.4. The molecule has 4 nitrogen and oxygen atoms in total. The summed E-state index contributed by atoms with van der Waals surface area (Å²) < 4.78 is 5.46. The molecular formula is C11H13N3OS. The predicted molar refractivity (Wildman–Crippen MR) is 64.2 cm³/mol. The Bertz CT molecular complexity index is 475. The first kappa shape index (κ1) is 11.0. The van der Waals surface area contributed by atoms with Gasteiger partial charge in [0.15, 0.2) is 5.16 Å². The van der Waals surface area contributed by atoms with Crippen LogP contribution in [0, 0.1) is 13.8 Å². The number of hydrogen-bond donors (Lipinski definition) is 1. The highest BCUT2D eigenvalue weighted by Gasteiger charge is 2.04. The zero-order chi connectivity index (χ0) is 11.5. The van der Waals surface area contributed by atoms with Crippen molar-refractivity contribution in [2.75, 3.05) is 5.73 Å². The summed E-state index contributed by atoms with van der Waals surface area (Å²) in [7, 11) is 0. The topological polar surface area (TPSA) is 64.9 Å². The minimum absolute atomic E-state index is 0.505. The normalized spacial score (nSPS) is 10.6. The second-order valence-electron chi connectivity index (χ2n) is 3.52. The number of furan rings is 1. The van der Waals surface area contributed by atoms with Crippen LogP contribution >= 0.6 is 11.8 Å². The van der Waals surface area contributed by atoms with Gasteiger partial charge in [0.2, 0.25) is 0 Å². The van der Waals surface area contributed by atoms with Crippen molar-refractivity contribution in [1.29, 1.82) is 0 Å². The molecule has 0 aromatic carbocycles. The fourth-order valence-corrected chi connectivity index (χ4v) is 2.13. The lowest BCUT2D eigenvalue weighted by Gasteiger charge is -2.01. The van der Waals surface area contributed by atoms with Crippen LogP contribution in [-0.4, -0.2) is 9.97 Å². The van der Waals surface area contributed by atoms with E-state index < -0.39 is 0 Å². The summed E-state index contributed by atoms with van der Waals surface area (Å²) in [6, 6.07) is 5.66. The average Bonchev–Trinajstić information content (AvgIpc) is 2.60. The van der Waals surface area contributed by atoms with Crippen LogP contribution in [0.5, 0.6) is 0 Å². The van der Waals surface area contributed by atoms with E-state index in [2.05, 4.69) is 9.97 Å². The van der Waals surface area contributed by atoms with Gasteiger partial charge in [0.25, 0.3) is 0 Å². The van der Waals surface area contributed by atoms with E-state index in [9.17, 15) is 0 Å². The van der Waals surface area contributed by atoms with E-state index in [1.54, 1.807) is 6.07 Å². The van der Waals surface area contributed by atoms with Crippen LogP contribution in [0.25, 0.3) is 0 Å². The van der Waals surface area contributed by atoms with Crippen molar-refractivity contribution in [2.45, 2.75) is 24.8 Å². The Balaban J connectivity index is 2.04. The van der Waals surface area contributed by atoms with Crippen LogP contribution < -0.4 is 5.73 Å². The number of rotatable bonds is 3. The molecule has 2 rings (SSSR count). The van der Waals surface area contributed by atoms with Crippen LogP contribution in [-0.2, 0) is 5.75 Å². The second kappa shape index (κ2) is 4.57. The highest BCUT2D eigenvalue weighted by Crippen LogP contribution is 2.21. The number of thioether (sulfide) groups is 1. The second-order valence-corrected chi connectivity index (χ2v) is 4.46. The molecule has 0 atom stereocenters. The SMILES string of the molecule is Cc1cc(N)nc(SCc2ccc(C)o2)n1. The van der Waals surface area contributed by atoms with E-state index in [1.165, 1.54) is 11.8 Å². The fourth-order valence-electron chi connectivity index (χ4n) is 1.33. The molecule has 0 amide bonds. The Labute approximate surface area is 98.3 Å². The molecule has 0 bridgehead atoms. The largest absolute Gasteiger partial charge is 0.465 e. The molecule has 0 spiro atoms. The molecule has 5 heteroatoms. The van der Waals surface area contributed by atoms with Gasteiger partial charge in [0, 0.05) is 11.8 Å². The van der Waals surface area contributed by atoms with Gasteiger partial charge in [-0.05, 0) is 26.0 Å². The van der Waals surface area contributed by atoms with Crippen molar-refractivity contribution in [2.24, 2.45) is 0 Å². The van der Waals surface area contributed by atoms with Crippen LogP contribution in [0.3, 0.4) is 0 Å². The summed E-state index contributed by atoms with van der Waals surface area (Å²) in [6.45, 7) is 3.83. The van der Waals surface area contributed by atoms with E-state index >= 15 is 0 Å². The number of nitrogen functional groups attached to an aromatic ring is 1. The third-order valence-electron chi connectivity index (χ3n) is 1.99. The maximum atomic E-state index is 5.64. The Morgan fingerprint density at radius 3 is 2.75 bits per heavy atom. The summed E-state index contributed by atoms with van der Waals surface area (Å²) in [5.41, 5.74) is 6.52. The average molecular weight is 235 g/mol. The van der Waals surface area contributed by atoms with Crippen LogP contribution in [0.2, 0.25) is 0 Å². The summed E-state index contributed by atoms with van der Waals surface area (Å²) in [5.74, 6) is 3.06. The van der Waals surface area contributed by atoms with Gasteiger partial charge in [0.05, 0.1) is 5.75 Å². The molecule has 2 N–H and O–H groups in total. The van der Waals surface area contributed by atoms with E-state index in [4.69, 9.17) is 10.2 Å². The van der Waals surface area contributed by atoms with Crippen LogP contribution in [0.1, 0.15) is 17.2 Å². The van der Waals surface area contributed by atoms with E-state index in [1.807, 2.05) is 26.0 Å².